The largest absolute Gasteiger partial charge is 0.461 e. The van der Waals surface area contributed by atoms with Gasteiger partial charge in [0.1, 0.15) is 17.6 Å². The predicted molar refractivity (Wildman–Crippen MR) is 79.9 cm³/mol. The summed E-state index contributed by atoms with van der Waals surface area (Å²) in [5.74, 6) is 3.63. The van der Waals surface area contributed by atoms with E-state index in [-0.39, 0.29) is 11.9 Å². The van der Waals surface area contributed by atoms with Crippen molar-refractivity contribution < 1.29 is 13.7 Å². The van der Waals surface area contributed by atoms with Crippen LogP contribution in [0.5, 0.6) is 0 Å². The van der Waals surface area contributed by atoms with Gasteiger partial charge in [-0.15, -0.1) is 0 Å². The molecule has 1 fully saturated rings. The zero-order valence-corrected chi connectivity index (χ0v) is 12.9. The summed E-state index contributed by atoms with van der Waals surface area (Å²) in [7, 11) is 0. The molecule has 2 aromatic rings. The normalized spacial score (nSPS) is 22.0. The Kier molecular flexibility index (Phi) is 3.83. The molecule has 2 aromatic heterocycles. The molecule has 1 aliphatic rings. The van der Waals surface area contributed by atoms with Crippen LogP contribution in [-0.2, 0) is 4.79 Å². The van der Waals surface area contributed by atoms with Crippen molar-refractivity contribution in [1.29, 1.82) is 0 Å². The molecular formula is C16H19N3O3. The third kappa shape index (κ3) is 3.27. The summed E-state index contributed by atoms with van der Waals surface area (Å²) in [5, 5.41) is 6.46. The molecular weight excluding hydrogens is 282 g/mol. The van der Waals surface area contributed by atoms with Gasteiger partial charge in [-0.1, -0.05) is 12.1 Å². The van der Waals surface area contributed by atoms with E-state index in [1.165, 1.54) is 12.5 Å². The van der Waals surface area contributed by atoms with E-state index in [1.807, 2.05) is 12.1 Å². The summed E-state index contributed by atoms with van der Waals surface area (Å²) in [6.07, 6.45) is 4.29. The van der Waals surface area contributed by atoms with E-state index in [1.54, 1.807) is 19.9 Å². The van der Waals surface area contributed by atoms with Crippen LogP contribution in [0.15, 0.2) is 27.1 Å². The summed E-state index contributed by atoms with van der Waals surface area (Å²) >= 11 is 0. The second kappa shape index (κ2) is 5.79. The molecule has 0 bridgehead atoms. The highest BCUT2D eigenvalue weighted by Gasteiger charge is 2.36. The van der Waals surface area contributed by atoms with Crippen LogP contribution in [0, 0.1) is 12.8 Å². The van der Waals surface area contributed by atoms with Crippen molar-refractivity contribution in [2.24, 2.45) is 5.92 Å². The number of nitrogens with one attached hydrogen (secondary N) is 1. The van der Waals surface area contributed by atoms with Crippen LogP contribution in [-0.4, -0.2) is 16.0 Å². The molecule has 0 radical (unpaired) electrons. The lowest BCUT2D eigenvalue weighted by Gasteiger charge is -2.06. The van der Waals surface area contributed by atoms with Gasteiger partial charge in [0.15, 0.2) is 5.82 Å². The van der Waals surface area contributed by atoms with Crippen LogP contribution in [0.25, 0.3) is 6.08 Å². The van der Waals surface area contributed by atoms with Gasteiger partial charge in [0.2, 0.25) is 11.8 Å². The summed E-state index contributed by atoms with van der Waals surface area (Å²) in [5.41, 5.74) is 0. The SMILES string of the molecule is Cc1noc([C@H](C)NC(=O)/C=C/c2ccc([C@@H]3C[C@H]3C)o2)n1. The van der Waals surface area contributed by atoms with Crippen LogP contribution in [0.3, 0.4) is 0 Å². The molecule has 0 aliphatic heterocycles. The van der Waals surface area contributed by atoms with Gasteiger partial charge in [-0.3, -0.25) is 4.79 Å². The van der Waals surface area contributed by atoms with Crippen molar-refractivity contribution >= 4 is 12.0 Å². The number of hydrogen-bond acceptors (Lipinski definition) is 5. The topological polar surface area (TPSA) is 81.2 Å². The molecule has 1 saturated carbocycles. The Bertz CT molecular complexity index is 701. The van der Waals surface area contributed by atoms with E-state index in [4.69, 9.17) is 8.94 Å². The van der Waals surface area contributed by atoms with Crippen molar-refractivity contribution in [3.8, 4) is 0 Å². The Balaban J connectivity index is 1.55. The molecule has 0 spiro atoms. The van der Waals surface area contributed by atoms with Gasteiger partial charge in [-0.2, -0.15) is 4.98 Å². The first-order chi connectivity index (χ1) is 10.5. The first-order valence-electron chi connectivity index (χ1n) is 7.41. The number of aromatic nitrogens is 2. The molecule has 2 heterocycles. The molecule has 0 saturated heterocycles. The predicted octanol–water partition coefficient (Wildman–Crippen LogP) is 2.99. The number of hydrogen-bond donors (Lipinski definition) is 1. The fourth-order valence-electron chi connectivity index (χ4n) is 2.35. The highest BCUT2D eigenvalue weighted by Crippen LogP contribution is 2.47. The maximum Gasteiger partial charge on any atom is 0.248 e. The summed E-state index contributed by atoms with van der Waals surface area (Å²) in [4.78, 5) is 16.0. The fraction of sp³-hybridized carbons (Fsp3) is 0.438. The fourth-order valence-corrected chi connectivity index (χ4v) is 2.35. The molecule has 6 heteroatoms. The standard InChI is InChI=1S/C16H19N3O3/c1-9-8-13(9)14-6-4-12(21-14)5-7-15(20)17-10(2)16-18-11(3)19-22-16/h4-7,9-10,13H,8H2,1-3H3,(H,17,20)/b7-5+/t9-,10+,13-/m1/s1. The van der Waals surface area contributed by atoms with Crippen LogP contribution in [0.4, 0.5) is 0 Å². The van der Waals surface area contributed by atoms with Crippen molar-refractivity contribution in [2.45, 2.75) is 39.2 Å². The minimum Gasteiger partial charge on any atom is -0.461 e. The maximum absolute atomic E-state index is 11.9. The smallest absolute Gasteiger partial charge is 0.248 e. The lowest BCUT2D eigenvalue weighted by Crippen LogP contribution is -2.24. The Morgan fingerprint density at radius 2 is 2.27 bits per heavy atom. The van der Waals surface area contributed by atoms with Gasteiger partial charge < -0.3 is 14.3 Å². The van der Waals surface area contributed by atoms with E-state index >= 15 is 0 Å². The van der Waals surface area contributed by atoms with Crippen LogP contribution >= 0.6 is 0 Å². The number of aryl methyl sites for hydroxylation is 1. The van der Waals surface area contributed by atoms with E-state index < -0.39 is 0 Å². The van der Waals surface area contributed by atoms with Gasteiger partial charge in [0.05, 0.1) is 0 Å². The average molecular weight is 301 g/mol. The molecule has 22 heavy (non-hydrogen) atoms. The zero-order chi connectivity index (χ0) is 15.7. The highest BCUT2D eigenvalue weighted by atomic mass is 16.5. The minimum absolute atomic E-state index is 0.235. The van der Waals surface area contributed by atoms with Gasteiger partial charge in [0, 0.05) is 12.0 Å². The zero-order valence-electron chi connectivity index (χ0n) is 12.9. The Morgan fingerprint density at radius 1 is 1.50 bits per heavy atom. The summed E-state index contributed by atoms with van der Waals surface area (Å²) in [6.45, 7) is 5.73. The summed E-state index contributed by atoms with van der Waals surface area (Å²) in [6, 6.07) is 3.53. The quantitative estimate of drug-likeness (QED) is 0.859. The molecule has 1 N–H and O–H groups in total. The van der Waals surface area contributed by atoms with E-state index in [0.717, 1.165) is 5.76 Å². The van der Waals surface area contributed by atoms with Gasteiger partial charge >= 0.3 is 0 Å². The molecule has 6 nitrogen and oxygen atoms in total. The second-order valence-corrected chi connectivity index (χ2v) is 5.80. The third-order valence-corrected chi connectivity index (χ3v) is 3.79. The highest BCUT2D eigenvalue weighted by molar-refractivity contribution is 5.91. The molecule has 0 unspecified atom stereocenters. The monoisotopic (exact) mass is 301 g/mol. The molecule has 116 valence electrons. The molecule has 1 aliphatic carbocycles. The van der Waals surface area contributed by atoms with Crippen molar-refractivity contribution in [2.75, 3.05) is 0 Å². The number of carbonyl (C=O) groups is 1. The van der Waals surface area contributed by atoms with E-state index in [9.17, 15) is 4.79 Å². The third-order valence-electron chi connectivity index (χ3n) is 3.79. The molecule has 1 amide bonds. The lowest BCUT2D eigenvalue weighted by atomic mass is 10.3. The number of nitrogens with zero attached hydrogens (tertiary/aromatic N) is 2. The molecule has 0 aromatic carbocycles. The van der Waals surface area contributed by atoms with Gasteiger partial charge in [-0.05, 0) is 44.4 Å². The second-order valence-electron chi connectivity index (χ2n) is 5.80. The number of rotatable bonds is 5. The van der Waals surface area contributed by atoms with E-state index in [0.29, 0.717) is 29.3 Å². The first kappa shape index (κ1) is 14.6. The Labute approximate surface area is 128 Å². The molecule has 3 rings (SSSR count). The number of furan rings is 1. The Morgan fingerprint density at radius 3 is 2.91 bits per heavy atom. The number of amides is 1. The number of carbonyl (C=O) groups excluding carboxylic acids is 1. The van der Waals surface area contributed by atoms with E-state index in [2.05, 4.69) is 22.4 Å². The summed E-state index contributed by atoms with van der Waals surface area (Å²) < 4.78 is 10.7. The maximum atomic E-state index is 11.9. The molecule has 3 atom stereocenters. The van der Waals surface area contributed by atoms with Crippen molar-refractivity contribution in [3.05, 3.63) is 41.4 Å². The van der Waals surface area contributed by atoms with Crippen LogP contribution in [0.2, 0.25) is 0 Å². The van der Waals surface area contributed by atoms with Crippen LogP contribution in [0.1, 0.15) is 55.5 Å². The van der Waals surface area contributed by atoms with Crippen molar-refractivity contribution in [1.82, 2.24) is 15.5 Å². The lowest BCUT2D eigenvalue weighted by molar-refractivity contribution is -0.117. The van der Waals surface area contributed by atoms with Crippen molar-refractivity contribution in [3.63, 3.8) is 0 Å². The van der Waals surface area contributed by atoms with Gasteiger partial charge in [0.25, 0.3) is 0 Å². The average Bonchev–Trinajstić information content (AvgIpc) is 2.91. The van der Waals surface area contributed by atoms with Gasteiger partial charge in [-0.25, -0.2) is 0 Å². The Hall–Kier alpha value is -2.37. The minimum atomic E-state index is -0.335. The van der Waals surface area contributed by atoms with Crippen LogP contribution < -0.4 is 5.32 Å². The first-order valence-corrected chi connectivity index (χ1v) is 7.41.